The molecule has 0 bridgehead atoms. The van der Waals surface area contributed by atoms with Crippen LogP contribution in [-0.2, 0) is 0 Å². The molecule has 1 heteroatoms. The van der Waals surface area contributed by atoms with Crippen LogP contribution in [0.2, 0.25) is 0 Å². The summed E-state index contributed by atoms with van der Waals surface area (Å²) < 4.78 is 0. The fourth-order valence-electron chi connectivity index (χ4n) is 9.17. The molecule has 0 aromatic heterocycles. The Bertz CT molecular complexity index is 733. The van der Waals surface area contributed by atoms with Crippen molar-refractivity contribution in [1.29, 1.82) is 0 Å². The van der Waals surface area contributed by atoms with Crippen LogP contribution in [0.5, 0.6) is 0 Å². The Morgan fingerprint density at radius 3 is 2.41 bits per heavy atom. The van der Waals surface area contributed by atoms with Gasteiger partial charge in [-0.15, -0.1) is 0 Å². The molecule has 4 fully saturated rings. The Hall–Kier alpha value is -0.560. The van der Waals surface area contributed by atoms with Crippen molar-refractivity contribution in [2.75, 3.05) is 0 Å². The van der Waals surface area contributed by atoms with E-state index in [4.69, 9.17) is 0 Å². The smallest absolute Gasteiger partial charge is 0.0788 e. The fourth-order valence-corrected chi connectivity index (χ4v) is 9.17. The van der Waals surface area contributed by atoms with Crippen LogP contribution in [0.15, 0.2) is 23.8 Å². The molecule has 5 aliphatic rings. The molecule has 162 valence electrons. The number of aliphatic hydroxyl groups excluding tert-OH is 1. The highest BCUT2D eigenvalue weighted by Crippen LogP contribution is 2.80. The summed E-state index contributed by atoms with van der Waals surface area (Å²) in [5, 5.41) is 11.3. The molecule has 1 nitrogen and oxygen atoms in total. The van der Waals surface area contributed by atoms with Gasteiger partial charge in [0.1, 0.15) is 0 Å². The Labute approximate surface area is 179 Å². The van der Waals surface area contributed by atoms with Gasteiger partial charge < -0.3 is 5.11 Å². The third-order valence-corrected chi connectivity index (χ3v) is 11.5. The minimum Gasteiger partial charge on any atom is -0.388 e. The molecule has 4 saturated carbocycles. The highest BCUT2D eigenvalue weighted by molar-refractivity contribution is 5.37. The molecule has 0 aromatic carbocycles. The van der Waals surface area contributed by atoms with Crippen molar-refractivity contribution in [3.63, 3.8) is 0 Å². The van der Waals surface area contributed by atoms with E-state index in [0.717, 1.165) is 23.7 Å². The molecule has 5 aliphatic carbocycles. The van der Waals surface area contributed by atoms with Gasteiger partial charge in [0.15, 0.2) is 0 Å². The molecule has 0 heterocycles. The van der Waals surface area contributed by atoms with E-state index in [0.29, 0.717) is 28.6 Å². The first-order valence-electron chi connectivity index (χ1n) is 12.7. The van der Waals surface area contributed by atoms with Gasteiger partial charge in [-0.25, -0.2) is 0 Å². The van der Waals surface area contributed by atoms with E-state index in [1.165, 1.54) is 44.9 Å². The maximum Gasteiger partial charge on any atom is 0.0788 e. The summed E-state index contributed by atoms with van der Waals surface area (Å²) in [5.41, 5.74) is 2.76. The summed E-state index contributed by atoms with van der Waals surface area (Å²) >= 11 is 0. The summed E-state index contributed by atoms with van der Waals surface area (Å²) in [5.74, 6) is 5.13. The molecule has 0 aliphatic heterocycles. The van der Waals surface area contributed by atoms with Gasteiger partial charge in [0.2, 0.25) is 0 Å². The Balaban J connectivity index is 1.41. The largest absolute Gasteiger partial charge is 0.388 e. The maximum absolute atomic E-state index is 11.3. The third kappa shape index (κ3) is 2.55. The van der Waals surface area contributed by atoms with Crippen LogP contribution < -0.4 is 0 Å². The number of rotatable bonds is 4. The van der Waals surface area contributed by atoms with Crippen molar-refractivity contribution < 1.29 is 5.11 Å². The first kappa shape index (κ1) is 20.3. The molecule has 1 N–H and O–H groups in total. The van der Waals surface area contributed by atoms with Crippen LogP contribution in [0.3, 0.4) is 0 Å². The van der Waals surface area contributed by atoms with Crippen molar-refractivity contribution in [1.82, 2.24) is 0 Å². The zero-order valence-corrected chi connectivity index (χ0v) is 19.7. The number of aliphatic hydroxyl groups is 1. The molecule has 5 rings (SSSR count). The molecule has 0 amide bonds. The van der Waals surface area contributed by atoms with Gasteiger partial charge in [0.05, 0.1) is 6.10 Å². The van der Waals surface area contributed by atoms with Crippen molar-refractivity contribution in [2.24, 2.45) is 57.7 Å². The standard InChI is InChI=1S/C28H44O/c1-17(2)18(3)7-8-19(4)22-9-10-23-21-15-25(29)28-16-20(28)11-14-27(28,6)24(21)12-13-26(22,23)5/h7-8,15,17-20,22-25,29H,9-14,16H2,1-6H3/b8-7+/t18-,19+,20-,22+,23-,24-,25?,26+,27+,28-/m0/s1. The lowest BCUT2D eigenvalue weighted by molar-refractivity contribution is -0.0367. The second-order valence-corrected chi connectivity index (χ2v) is 12.7. The van der Waals surface area contributed by atoms with Crippen molar-refractivity contribution in [3.05, 3.63) is 23.8 Å². The quantitative estimate of drug-likeness (QED) is 0.506. The van der Waals surface area contributed by atoms with E-state index in [2.05, 4.69) is 59.8 Å². The molecule has 1 spiro atoms. The van der Waals surface area contributed by atoms with Crippen LogP contribution in [0.25, 0.3) is 0 Å². The number of hydrogen-bond donors (Lipinski definition) is 1. The summed E-state index contributed by atoms with van der Waals surface area (Å²) in [6, 6.07) is 0. The molecule has 29 heavy (non-hydrogen) atoms. The predicted octanol–water partition coefficient (Wildman–Crippen LogP) is 7.02. The highest BCUT2D eigenvalue weighted by Gasteiger charge is 2.75. The molecule has 0 radical (unpaired) electrons. The second-order valence-electron chi connectivity index (χ2n) is 12.7. The predicted molar refractivity (Wildman–Crippen MR) is 121 cm³/mol. The first-order valence-corrected chi connectivity index (χ1v) is 12.7. The Kier molecular flexibility index (Phi) is 4.54. The molecule has 0 aromatic rings. The summed E-state index contributed by atoms with van der Waals surface area (Å²) in [7, 11) is 0. The van der Waals surface area contributed by atoms with E-state index < -0.39 is 0 Å². The Morgan fingerprint density at radius 1 is 0.966 bits per heavy atom. The minimum atomic E-state index is -0.170. The van der Waals surface area contributed by atoms with Crippen LogP contribution in [-0.4, -0.2) is 11.2 Å². The SMILES string of the molecule is CC(C)[C@@H](C)/C=C/[C@@H](C)[C@H]1CC[C@H]2C3=CC(O)[C@]45C[C@@H]4CC[C@]5(C)[C@H]3CC[C@]12C. The van der Waals surface area contributed by atoms with Crippen molar-refractivity contribution in [2.45, 2.75) is 92.6 Å². The summed E-state index contributed by atoms with van der Waals surface area (Å²) in [4.78, 5) is 0. The molecule has 1 unspecified atom stereocenters. The van der Waals surface area contributed by atoms with Crippen molar-refractivity contribution in [3.8, 4) is 0 Å². The maximum atomic E-state index is 11.3. The van der Waals surface area contributed by atoms with Gasteiger partial charge in [-0.2, -0.15) is 0 Å². The van der Waals surface area contributed by atoms with Crippen LogP contribution in [0.4, 0.5) is 0 Å². The van der Waals surface area contributed by atoms with Gasteiger partial charge in [0, 0.05) is 5.41 Å². The topological polar surface area (TPSA) is 20.2 Å². The van der Waals surface area contributed by atoms with Gasteiger partial charge in [-0.3, -0.25) is 0 Å². The molecule has 10 atom stereocenters. The molecular weight excluding hydrogens is 352 g/mol. The van der Waals surface area contributed by atoms with E-state index in [9.17, 15) is 5.11 Å². The lowest BCUT2D eigenvalue weighted by Gasteiger charge is -2.56. The monoisotopic (exact) mass is 396 g/mol. The average Bonchev–Trinajstić information content (AvgIpc) is 3.20. The number of hydrogen-bond acceptors (Lipinski definition) is 1. The van der Waals surface area contributed by atoms with Gasteiger partial charge in [0.25, 0.3) is 0 Å². The minimum absolute atomic E-state index is 0.170. The van der Waals surface area contributed by atoms with Crippen LogP contribution in [0.1, 0.15) is 86.5 Å². The average molecular weight is 397 g/mol. The van der Waals surface area contributed by atoms with E-state index in [-0.39, 0.29) is 11.5 Å². The first-order chi connectivity index (χ1) is 13.6. The zero-order valence-electron chi connectivity index (χ0n) is 19.7. The van der Waals surface area contributed by atoms with Gasteiger partial charge in [-0.05, 0) is 97.2 Å². The lowest BCUT2D eigenvalue weighted by atomic mass is 9.49. The Morgan fingerprint density at radius 2 is 1.72 bits per heavy atom. The fraction of sp³-hybridized carbons (Fsp3) is 0.857. The summed E-state index contributed by atoms with van der Waals surface area (Å²) in [6.45, 7) is 14.7. The molecular formula is C28H44O. The van der Waals surface area contributed by atoms with Crippen LogP contribution >= 0.6 is 0 Å². The van der Waals surface area contributed by atoms with Gasteiger partial charge >= 0.3 is 0 Å². The normalized spacial score (nSPS) is 52.6. The molecule has 0 saturated heterocycles. The zero-order chi connectivity index (χ0) is 20.8. The van der Waals surface area contributed by atoms with E-state index >= 15 is 0 Å². The number of allylic oxidation sites excluding steroid dienone is 3. The highest BCUT2D eigenvalue weighted by atomic mass is 16.3. The van der Waals surface area contributed by atoms with Gasteiger partial charge in [-0.1, -0.05) is 65.3 Å². The van der Waals surface area contributed by atoms with Crippen molar-refractivity contribution >= 4 is 0 Å². The summed E-state index contributed by atoms with van der Waals surface area (Å²) in [6.07, 6.45) is 16.8. The number of fused-ring (bicyclic) bond motifs is 4. The third-order valence-electron chi connectivity index (χ3n) is 11.5. The van der Waals surface area contributed by atoms with E-state index in [1.54, 1.807) is 5.57 Å². The lowest BCUT2D eigenvalue weighted by Crippen LogP contribution is -2.51. The van der Waals surface area contributed by atoms with E-state index in [1.807, 2.05) is 0 Å². The van der Waals surface area contributed by atoms with Crippen LogP contribution in [0, 0.1) is 57.7 Å². The second kappa shape index (κ2) is 6.47.